The van der Waals surface area contributed by atoms with Crippen LogP contribution < -0.4 is 11.5 Å². The third-order valence-corrected chi connectivity index (χ3v) is 8.85. The number of anilines is 1. The fraction of sp³-hybridized carbons (Fsp3) is 0.462. The van der Waals surface area contributed by atoms with E-state index in [-0.39, 0.29) is 21.8 Å². The number of aromatic nitrogens is 4. The van der Waals surface area contributed by atoms with Gasteiger partial charge in [0, 0.05) is 0 Å². The number of aliphatic hydroxyl groups is 1. The Morgan fingerprint density at radius 3 is 2.51 bits per heavy atom. The second kappa shape index (κ2) is 9.38. The molecule has 0 spiro atoms. The molecule has 1 aliphatic rings. The first-order valence-corrected chi connectivity index (χ1v) is 14.0. The molecule has 0 amide bonds. The van der Waals surface area contributed by atoms with Crippen molar-refractivity contribution in [3.63, 3.8) is 0 Å². The second-order valence-electron chi connectivity index (χ2n) is 7.15. The highest BCUT2D eigenvalue weighted by Crippen LogP contribution is 2.66. The molecule has 0 aromatic carbocycles. The molecule has 0 radical (unpaired) electrons. The van der Waals surface area contributed by atoms with E-state index in [2.05, 4.69) is 29.5 Å². The number of hydrogen-bond acceptors (Lipinski definition) is 13. The smallest absolute Gasteiger partial charge is 0.387 e. The number of aromatic amines is 1. The highest BCUT2D eigenvalue weighted by atomic mass is 32.1. The number of fused-ring (bicyclic) bond motifs is 1. The standard InChI is InChI=1S/C13H19N6O12P3S/c1-3-13(15)8(20)7(5(2)29-33(24,25)31-34(26,27)30-32(21,22)23)28-11(13)19-4-16-6-9(19)17-12(14)18-10(6)35/h1,4-5,7-8,11,20H,15H2,2H3,(H,24,25)(H,26,27)(H2,21,22,23)(H3,14,17,18,35)/t5-,7-,8+,11-,13?/m1/s1. The van der Waals surface area contributed by atoms with E-state index in [0.717, 1.165) is 6.92 Å². The van der Waals surface area contributed by atoms with Crippen LogP contribution in [0.25, 0.3) is 11.2 Å². The third-order valence-electron chi connectivity index (χ3n) is 4.64. The first kappa shape index (κ1) is 28.0. The lowest BCUT2D eigenvalue weighted by Gasteiger charge is -2.28. The lowest BCUT2D eigenvalue weighted by Crippen LogP contribution is -2.54. The van der Waals surface area contributed by atoms with E-state index in [9.17, 15) is 28.6 Å². The maximum Gasteiger partial charge on any atom is 0.490 e. The van der Waals surface area contributed by atoms with Gasteiger partial charge in [0.15, 0.2) is 22.4 Å². The summed E-state index contributed by atoms with van der Waals surface area (Å²) in [7, 11) is -16.9. The molecule has 1 fully saturated rings. The van der Waals surface area contributed by atoms with E-state index >= 15 is 0 Å². The molecule has 0 saturated carbocycles. The van der Waals surface area contributed by atoms with Crippen LogP contribution in [0, 0.1) is 17.0 Å². The molecule has 22 heteroatoms. The van der Waals surface area contributed by atoms with E-state index in [1.54, 1.807) is 0 Å². The molecule has 3 heterocycles. The van der Waals surface area contributed by atoms with E-state index in [1.807, 2.05) is 0 Å². The van der Waals surface area contributed by atoms with Gasteiger partial charge >= 0.3 is 23.5 Å². The number of phosphoric acid groups is 3. The van der Waals surface area contributed by atoms with Crippen molar-refractivity contribution >= 4 is 52.8 Å². The number of nitrogens with one attached hydrogen (secondary N) is 1. The zero-order valence-electron chi connectivity index (χ0n) is 17.3. The average Bonchev–Trinajstić information content (AvgIpc) is 3.18. The third kappa shape index (κ3) is 5.88. The molecule has 1 saturated heterocycles. The van der Waals surface area contributed by atoms with Gasteiger partial charge in [0.05, 0.1) is 12.4 Å². The number of H-pyrrole nitrogens is 1. The summed E-state index contributed by atoms with van der Waals surface area (Å²) in [5.74, 6) is 2.11. The van der Waals surface area contributed by atoms with Crippen LogP contribution in [0.2, 0.25) is 0 Å². The summed E-state index contributed by atoms with van der Waals surface area (Å²) in [5.41, 5.74) is 10.3. The molecule has 194 valence electrons. The molecule has 18 nitrogen and oxygen atoms in total. The number of terminal acetylenes is 1. The number of aliphatic hydroxyl groups excluding tert-OH is 1. The number of phosphoric ester groups is 1. The molecule has 2 aromatic heterocycles. The average molecular weight is 576 g/mol. The number of hydrogen-bond donors (Lipinski definition) is 8. The summed E-state index contributed by atoms with van der Waals surface area (Å²) in [6, 6.07) is 0. The minimum absolute atomic E-state index is 0.0365. The minimum atomic E-state index is -5.76. The fourth-order valence-corrected chi connectivity index (χ4v) is 6.72. The first-order valence-electron chi connectivity index (χ1n) is 9.04. The maximum absolute atomic E-state index is 12.2. The lowest BCUT2D eigenvalue weighted by atomic mass is 9.90. The molecule has 3 rings (SSSR count). The number of imidazole rings is 1. The predicted molar refractivity (Wildman–Crippen MR) is 117 cm³/mol. The van der Waals surface area contributed by atoms with E-state index < -0.39 is 53.5 Å². The Labute approximate surface area is 200 Å². The van der Waals surface area contributed by atoms with Gasteiger partial charge in [0.25, 0.3) is 0 Å². The van der Waals surface area contributed by atoms with Crippen LogP contribution in [0.5, 0.6) is 0 Å². The van der Waals surface area contributed by atoms with Gasteiger partial charge in [-0.1, -0.05) is 18.1 Å². The van der Waals surface area contributed by atoms with Crippen molar-refractivity contribution in [3.05, 3.63) is 11.0 Å². The Hall–Kier alpha value is -1.58. The Morgan fingerprint density at radius 2 is 1.94 bits per heavy atom. The first-order chi connectivity index (χ1) is 15.9. The van der Waals surface area contributed by atoms with Crippen LogP contribution in [-0.2, 0) is 31.6 Å². The largest absolute Gasteiger partial charge is 0.490 e. The lowest BCUT2D eigenvalue weighted by molar-refractivity contribution is -0.0733. The molecule has 3 unspecified atom stereocenters. The molecule has 0 aliphatic carbocycles. The molecule has 35 heavy (non-hydrogen) atoms. The summed E-state index contributed by atoms with van der Waals surface area (Å²) in [5, 5.41) is 10.8. The SMILES string of the molecule is C#CC1(N)[C@@H](O)[C@@H]([C@@H](C)OP(=O)(O)OP(=O)(O)OP(=O)(O)O)O[C@H]1n1cnc2c(=S)nc(N)[nH]c21. The van der Waals surface area contributed by atoms with Gasteiger partial charge in [0.2, 0.25) is 0 Å². The molecule has 7 atom stereocenters. The summed E-state index contributed by atoms with van der Waals surface area (Å²) < 4.78 is 53.5. The normalized spacial score (nSPS) is 29.4. The van der Waals surface area contributed by atoms with E-state index in [1.165, 1.54) is 10.9 Å². The van der Waals surface area contributed by atoms with Crippen molar-refractivity contribution < 1.29 is 56.3 Å². The van der Waals surface area contributed by atoms with E-state index in [0.29, 0.717) is 0 Å². The number of nitrogens with two attached hydrogens (primary N) is 2. The van der Waals surface area contributed by atoms with Crippen LogP contribution in [-0.4, -0.2) is 68.1 Å². The van der Waals surface area contributed by atoms with Gasteiger partial charge < -0.3 is 45.9 Å². The summed E-state index contributed by atoms with van der Waals surface area (Å²) >= 11 is 5.09. The highest BCUT2D eigenvalue weighted by molar-refractivity contribution is 7.71. The molecule has 0 bridgehead atoms. The number of rotatable bonds is 8. The van der Waals surface area contributed by atoms with Crippen molar-refractivity contribution in [2.75, 3.05) is 5.73 Å². The van der Waals surface area contributed by atoms with Crippen LogP contribution in [0.3, 0.4) is 0 Å². The Bertz CT molecular complexity index is 1390. The van der Waals surface area contributed by atoms with Gasteiger partial charge in [-0.05, 0) is 6.92 Å². The van der Waals surface area contributed by atoms with Gasteiger partial charge in [-0.2, -0.15) is 8.62 Å². The minimum Gasteiger partial charge on any atom is -0.387 e. The van der Waals surface area contributed by atoms with E-state index in [4.69, 9.17) is 49.2 Å². The van der Waals surface area contributed by atoms with Crippen LogP contribution >= 0.6 is 35.7 Å². The monoisotopic (exact) mass is 576 g/mol. The molecular weight excluding hydrogens is 557 g/mol. The van der Waals surface area contributed by atoms with Gasteiger partial charge in [-0.15, -0.1) is 6.42 Å². The van der Waals surface area contributed by atoms with Gasteiger partial charge in [-0.25, -0.2) is 23.7 Å². The maximum atomic E-state index is 12.2. The summed E-state index contributed by atoms with van der Waals surface area (Å²) in [4.78, 5) is 46.9. The molecule has 2 aromatic rings. The highest BCUT2D eigenvalue weighted by Gasteiger charge is 2.57. The second-order valence-corrected chi connectivity index (χ2v) is 11.9. The van der Waals surface area contributed by atoms with Crippen molar-refractivity contribution in [3.8, 4) is 12.3 Å². The Kier molecular flexibility index (Phi) is 7.50. The van der Waals surface area contributed by atoms with Crippen molar-refractivity contribution in [1.82, 2.24) is 19.5 Å². The topological polar surface area (TPSA) is 288 Å². The zero-order valence-corrected chi connectivity index (χ0v) is 20.8. The quantitative estimate of drug-likeness (QED) is 0.110. The van der Waals surface area contributed by atoms with Crippen LogP contribution in [0.1, 0.15) is 13.2 Å². The number of nitrogen functional groups attached to an aromatic ring is 1. The zero-order chi connectivity index (χ0) is 26.6. The Balaban J connectivity index is 1.89. The summed E-state index contributed by atoms with van der Waals surface area (Å²) in [6.07, 6.45) is 0.450. The number of nitrogens with zero attached hydrogens (tertiary/aromatic N) is 3. The van der Waals surface area contributed by atoms with Gasteiger partial charge in [-0.3, -0.25) is 9.09 Å². The van der Waals surface area contributed by atoms with Crippen molar-refractivity contribution in [2.45, 2.75) is 37.0 Å². The van der Waals surface area contributed by atoms with Crippen molar-refractivity contribution in [1.29, 1.82) is 0 Å². The predicted octanol–water partition coefficient (Wildman–Crippen LogP) is -0.608. The van der Waals surface area contributed by atoms with Crippen LogP contribution in [0.4, 0.5) is 5.95 Å². The Morgan fingerprint density at radius 1 is 1.31 bits per heavy atom. The summed E-state index contributed by atoms with van der Waals surface area (Å²) in [6.45, 7) is 1.09. The fourth-order valence-electron chi connectivity index (χ4n) is 3.27. The molecule has 1 aliphatic heterocycles. The number of ether oxygens (including phenoxy) is 1. The van der Waals surface area contributed by atoms with Crippen molar-refractivity contribution in [2.24, 2.45) is 5.73 Å². The molecular formula is C13H19N6O12P3S. The van der Waals surface area contributed by atoms with Gasteiger partial charge in [0.1, 0.15) is 23.4 Å². The van der Waals surface area contributed by atoms with Crippen LogP contribution in [0.15, 0.2) is 6.33 Å². The molecule has 10 N–H and O–H groups in total.